The van der Waals surface area contributed by atoms with Gasteiger partial charge in [-0.05, 0) is 24.6 Å². The van der Waals surface area contributed by atoms with Crippen LogP contribution in [0.3, 0.4) is 0 Å². The molecule has 0 aromatic rings. The third-order valence-electron chi connectivity index (χ3n) is 0.679. The molecule has 0 spiro atoms. The highest BCUT2D eigenvalue weighted by Gasteiger charge is 1.80. The second-order valence-corrected chi connectivity index (χ2v) is 1.58. The topological polar surface area (TPSA) is 32.3 Å². The summed E-state index contributed by atoms with van der Waals surface area (Å²) in [4.78, 5) is 2.46. The Hall–Kier alpha value is 0.210. The van der Waals surface area contributed by atoms with E-state index in [0.717, 1.165) is 19.4 Å². The van der Waals surface area contributed by atoms with E-state index in [1.165, 1.54) is 0 Å². The summed E-state index contributed by atoms with van der Waals surface area (Å²) in [6.45, 7) is 1.04. The van der Waals surface area contributed by atoms with Gasteiger partial charge < -0.3 is 5.11 Å². The molecule has 0 aliphatic heterocycles. The number of rotatable bonds is 4. The molecule has 0 aromatic heterocycles. The molecule has 0 rings (SSSR count). The zero-order valence-electron chi connectivity index (χ0n) is 4.15. The Labute approximate surface area is 48.6 Å². The van der Waals surface area contributed by atoms with Gasteiger partial charge in [-0.1, -0.05) is 0 Å². The number of unbranched alkanes of at least 4 members (excludes halogenated alkanes) is 1. The SMILES string of the molecule is OCCCCNCl. The largest absolute Gasteiger partial charge is 0.396 e. The van der Waals surface area contributed by atoms with Gasteiger partial charge in [0.1, 0.15) is 0 Å². The maximum atomic E-state index is 8.22. The minimum atomic E-state index is 0.262. The molecule has 0 saturated carbocycles. The molecule has 0 aromatic carbocycles. The van der Waals surface area contributed by atoms with Crippen molar-refractivity contribution >= 4 is 11.8 Å². The normalized spacial score (nSPS) is 9.43. The highest BCUT2D eigenvalue weighted by atomic mass is 35.5. The molecule has 0 aliphatic carbocycles. The van der Waals surface area contributed by atoms with Gasteiger partial charge in [0.25, 0.3) is 0 Å². The number of aliphatic hydroxyl groups is 1. The molecule has 7 heavy (non-hydrogen) atoms. The van der Waals surface area contributed by atoms with E-state index in [0.29, 0.717) is 0 Å². The third-order valence-corrected chi connectivity index (χ3v) is 0.868. The molecular formula is C4H10ClNO. The number of nitrogens with one attached hydrogen (secondary N) is 1. The van der Waals surface area contributed by atoms with Crippen LogP contribution >= 0.6 is 11.8 Å². The smallest absolute Gasteiger partial charge is 0.0431 e. The van der Waals surface area contributed by atoms with Crippen LogP contribution in [0.5, 0.6) is 0 Å². The zero-order valence-corrected chi connectivity index (χ0v) is 4.91. The minimum absolute atomic E-state index is 0.262. The summed E-state index contributed by atoms with van der Waals surface area (Å²) in [6, 6.07) is 0. The van der Waals surface area contributed by atoms with Gasteiger partial charge in [0, 0.05) is 13.2 Å². The van der Waals surface area contributed by atoms with Crippen LogP contribution in [0.1, 0.15) is 12.8 Å². The summed E-state index contributed by atoms with van der Waals surface area (Å²) < 4.78 is 0. The second-order valence-electron chi connectivity index (χ2n) is 1.31. The second kappa shape index (κ2) is 6.21. The van der Waals surface area contributed by atoms with Crippen molar-refractivity contribution in [1.82, 2.24) is 4.84 Å². The van der Waals surface area contributed by atoms with E-state index >= 15 is 0 Å². The van der Waals surface area contributed by atoms with E-state index < -0.39 is 0 Å². The Bertz CT molecular complexity index is 30.9. The maximum Gasteiger partial charge on any atom is 0.0431 e. The highest BCUT2D eigenvalue weighted by Crippen LogP contribution is 1.82. The molecule has 3 heteroatoms. The van der Waals surface area contributed by atoms with Crippen LogP contribution in [-0.2, 0) is 0 Å². The Morgan fingerprint density at radius 3 is 2.57 bits per heavy atom. The molecule has 2 N–H and O–H groups in total. The van der Waals surface area contributed by atoms with Crippen LogP contribution in [0.15, 0.2) is 0 Å². The fourth-order valence-electron chi connectivity index (χ4n) is 0.304. The highest BCUT2D eigenvalue weighted by molar-refractivity contribution is 6.13. The van der Waals surface area contributed by atoms with Crippen molar-refractivity contribution in [2.75, 3.05) is 13.2 Å². The number of hydrogen-bond acceptors (Lipinski definition) is 2. The summed E-state index contributed by atoms with van der Waals surface area (Å²) in [5.74, 6) is 0. The summed E-state index contributed by atoms with van der Waals surface area (Å²) >= 11 is 5.11. The van der Waals surface area contributed by atoms with Crippen molar-refractivity contribution in [3.05, 3.63) is 0 Å². The van der Waals surface area contributed by atoms with Crippen molar-refractivity contribution in [1.29, 1.82) is 0 Å². The molecule has 44 valence electrons. The van der Waals surface area contributed by atoms with Gasteiger partial charge in [-0.25, -0.2) is 4.84 Å². The molecule has 0 atom stereocenters. The zero-order chi connectivity index (χ0) is 5.54. The molecule has 0 amide bonds. The van der Waals surface area contributed by atoms with Gasteiger partial charge in [-0.3, -0.25) is 0 Å². The summed E-state index contributed by atoms with van der Waals surface area (Å²) in [6.07, 6.45) is 1.78. The lowest BCUT2D eigenvalue weighted by molar-refractivity contribution is 0.285. The lowest BCUT2D eigenvalue weighted by atomic mass is 10.3. The first kappa shape index (κ1) is 7.21. The molecule has 0 saturated heterocycles. The number of halogens is 1. The quantitative estimate of drug-likeness (QED) is 0.422. The van der Waals surface area contributed by atoms with E-state index in [2.05, 4.69) is 4.84 Å². The van der Waals surface area contributed by atoms with E-state index in [-0.39, 0.29) is 6.61 Å². The van der Waals surface area contributed by atoms with Gasteiger partial charge in [0.2, 0.25) is 0 Å². The van der Waals surface area contributed by atoms with Crippen LogP contribution in [0.4, 0.5) is 0 Å². The van der Waals surface area contributed by atoms with E-state index in [1.54, 1.807) is 0 Å². The van der Waals surface area contributed by atoms with Crippen LogP contribution in [0, 0.1) is 0 Å². The van der Waals surface area contributed by atoms with E-state index in [9.17, 15) is 0 Å². The van der Waals surface area contributed by atoms with Gasteiger partial charge in [0.15, 0.2) is 0 Å². The van der Waals surface area contributed by atoms with Gasteiger partial charge >= 0.3 is 0 Å². The van der Waals surface area contributed by atoms with Crippen molar-refractivity contribution in [3.8, 4) is 0 Å². The summed E-state index contributed by atoms with van der Waals surface area (Å²) in [7, 11) is 0. The summed E-state index contributed by atoms with van der Waals surface area (Å²) in [5, 5.41) is 8.22. The van der Waals surface area contributed by atoms with Gasteiger partial charge in [0.05, 0.1) is 0 Å². The van der Waals surface area contributed by atoms with Crippen LogP contribution < -0.4 is 4.84 Å². The molecule has 0 unspecified atom stereocenters. The van der Waals surface area contributed by atoms with Crippen molar-refractivity contribution in [3.63, 3.8) is 0 Å². The lowest BCUT2D eigenvalue weighted by Crippen LogP contribution is -2.00. The lowest BCUT2D eigenvalue weighted by Gasteiger charge is -1.91. The monoisotopic (exact) mass is 123 g/mol. The predicted octanol–water partition coefficient (Wildman–Crippen LogP) is 0.502. The first-order valence-corrected chi connectivity index (χ1v) is 2.74. The average Bonchev–Trinajstić information content (AvgIpc) is 1.69. The Morgan fingerprint density at radius 1 is 1.43 bits per heavy atom. The molecular weight excluding hydrogens is 114 g/mol. The van der Waals surface area contributed by atoms with Crippen molar-refractivity contribution in [2.45, 2.75) is 12.8 Å². The predicted molar refractivity (Wildman–Crippen MR) is 30.2 cm³/mol. The first-order valence-electron chi connectivity index (χ1n) is 2.36. The average molecular weight is 124 g/mol. The van der Waals surface area contributed by atoms with Gasteiger partial charge in [-0.15, -0.1) is 0 Å². The molecule has 2 nitrogen and oxygen atoms in total. The molecule has 0 radical (unpaired) electrons. The van der Waals surface area contributed by atoms with E-state index in [4.69, 9.17) is 16.9 Å². The molecule has 0 bridgehead atoms. The fraction of sp³-hybridized carbons (Fsp3) is 1.00. The first-order chi connectivity index (χ1) is 3.41. The molecule has 0 fully saturated rings. The van der Waals surface area contributed by atoms with Crippen molar-refractivity contribution in [2.24, 2.45) is 0 Å². The maximum absolute atomic E-state index is 8.22. The van der Waals surface area contributed by atoms with Crippen LogP contribution in [0.25, 0.3) is 0 Å². The van der Waals surface area contributed by atoms with E-state index in [1.807, 2.05) is 0 Å². The molecule has 0 heterocycles. The fourth-order valence-corrected chi connectivity index (χ4v) is 0.437. The Kier molecular flexibility index (Phi) is 6.40. The molecule has 0 aliphatic rings. The summed E-state index contributed by atoms with van der Waals surface area (Å²) in [5.41, 5.74) is 0. The van der Waals surface area contributed by atoms with Crippen molar-refractivity contribution < 1.29 is 5.11 Å². The van der Waals surface area contributed by atoms with Crippen LogP contribution in [-0.4, -0.2) is 18.3 Å². The minimum Gasteiger partial charge on any atom is -0.396 e. The number of aliphatic hydroxyl groups excluding tert-OH is 1. The Balaban J connectivity index is 2.45. The van der Waals surface area contributed by atoms with Gasteiger partial charge in [-0.2, -0.15) is 0 Å². The van der Waals surface area contributed by atoms with Crippen LogP contribution in [0.2, 0.25) is 0 Å². The third kappa shape index (κ3) is 6.21. The Morgan fingerprint density at radius 2 is 2.14 bits per heavy atom. The number of hydrogen-bond donors (Lipinski definition) is 2. The standard InChI is InChI=1S/C4H10ClNO/c5-6-3-1-2-4-7/h6-7H,1-4H2.